The summed E-state index contributed by atoms with van der Waals surface area (Å²) in [6.45, 7) is 2.30. The maximum Gasteiger partial charge on any atom is 0.140 e. The third-order valence-electron chi connectivity index (χ3n) is 3.81. The molecule has 0 saturated heterocycles. The van der Waals surface area contributed by atoms with E-state index in [2.05, 4.69) is 28.6 Å². The fraction of sp³-hybridized carbons (Fsp3) is 0.400. The number of nitrogens with zero attached hydrogens (tertiary/aromatic N) is 2. The first kappa shape index (κ1) is 11.5. The van der Waals surface area contributed by atoms with Crippen molar-refractivity contribution < 1.29 is 5.11 Å². The minimum Gasteiger partial charge on any atom is -0.394 e. The molecule has 94 valence electrons. The van der Waals surface area contributed by atoms with Gasteiger partial charge in [0.1, 0.15) is 5.82 Å². The van der Waals surface area contributed by atoms with Crippen LogP contribution in [0.3, 0.4) is 0 Å². The lowest BCUT2D eigenvalue weighted by Gasteiger charge is -2.26. The predicted octanol–water partition coefficient (Wildman–Crippen LogP) is 2.73. The number of aryl methyl sites for hydroxylation is 2. The van der Waals surface area contributed by atoms with Crippen LogP contribution in [0.25, 0.3) is 11.4 Å². The Hall–Kier alpha value is -1.61. The first-order chi connectivity index (χ1) is 8.81. The average molecular weight is 242 g/mol. The zero-order chi connectivity index (χ0) is 12.5. The van der Waals surface area contributed by atoms with E-state index in [-0.39, 0.29) is 12.6 Å². The van der Waals surface area contributed by atoms with E-state index in [0.29, 0.717) is 0 Å². The van der Waals surface area contributed by atoms with Gasteiger partial charge in [-0.3, -0.25) is 0 Å². The van der Waals surface area contributed by atoms with Crippen LogP contribution >= 0.6 is 0 Å². The molecule has 1 N–H and O–H groups in total. The van der Waals surface area contributed by atoms with Crippen LogP contribution in [0.4, 0.5) is 0 Å². The van der Waals surface area contributed by atoms with E-state index < -0.39 is 0 Å². The van der Waals surface area contributed by atoms with Crippen LogP contribution in [0.15, 0.2) is 30.5 Å². The molecule has 0 radical (unpaired) electrons. The van der Waals surface area contributed by atoms with Crippen molar-refractivity contribution >= 4 is 0 Å². The van der Waals surface area contributed by atoms with Gasteiger partial charge in [0, 0.05) is 17.5 Å². The Morgan fingerprint density at radius 2 is 2.22 bits per heavy atom. The Bertz CT molecular complexity index is 559. The standard InChI is InChI=1S/C15H18N2O/c1-11-5-2-3-8-14(11)15-16-9-12-6-4-7-13(10-18)17(12)15/h2-3,5,8-9,13,18H,4,6-7,10H2,1H3. The number of hydrogen-bond acceptors (Lipinski definition) is 2. The van der Waals surface area contributed by atoms with E-state index in [1.165, 1.54) is 16.8 Å². The highest BCUT2D eigenvalue weighted by Crippen LogP contribution is 2.32. The normalized spacial score (nSPS) is 18.7. The van der Waals surface area contributed by atoms with Crippen LogP contribution in [0.5, 0.6) is 0 Å². The topological polar surface area (TPSA) is 38.0 Å². The molecular formula is C15H18N2O. The number of imidazole rings is 1. The van der Waals surface area contributed by atoms with Gasteiger partial charge in [0.15, 0.2) is 0 Å². The molecule has 0 saturated carbocycles. The van der Waals surface area contributed by atoms with Gasteiger partial charge in [-0.05, 0) is 31.7 Å². The Labute approximate surface area is 107 Å². The lowest BCUT2D eigenvalue weighted by atomic mass is 10.0. The number of aliphatic hydroxyl groups excluding tert-OH is 1. The number of aromatic nitrogens is 2. The fourth-order valence-corrected chi connectivity index (χ4v) is 2.83. The highest BCUT2D eigenvalue weighted by atomic mass is 16.3. The van der Waals surface area contributed by atoms with Crippen molar-refractivity contribution in [1.82, 2.24) is 9.55 Å². The molecule has 0 amide bonds. The van der Waals surface area contributed by atoms with Crippen molar-refractivity contribution in [2.75, 3.05) is 6.61 Å². The molecule has 1 aromatic heterocycles. The summed E-state index contributed by atoms with van der Waals surface area (Å²) in [7, 11) is 0. The molecule has 3 rings (SSSR count). The van der Waals surface area contributed by atoms with Crippen molar-refractivity contribution in [2.45, 2.75) is 32.2 Å². The second-order valence-electron chi connectivity index (χ2n) is 4.99. The van der Waals surface area contributed by atoms with Crippen LogP contribution in [0, 0.1) is 6.92 Å². The van der Waals surface area contributed by atoms with Crippen LogP contribution in [0.2, 0.25) is 0 Å². The monoisotopic (exact) mass is 242 g/mol. The zero-order valence-corrected chi connectivity index (χ0v) is 10.6. The number of hydrogen-bond donors (Lipinski definition) is 1. The van der Waals surface area contributed by atoms with E-state index in [1.54, 1.807) is 0 Å². The summed E-state index contributed by atoms with van der Waals surface area (Å²) in [6, 6.07) is 8.48. The molecule has 3 heteroatoms. The molecule has 2 heterocycles. The molecule has 1 atom stereocenters. The molecular weight excluding hydrogens is 224 g/mol. The summed E-state index contributed by atoms with van der Waals surface area (Å²) in [5, 5.41) is 9.55. The Kier molecular flexibility index (Phi) is 2.92. The number of rotatable bonds is 2. The Morgan fingerprint density at radius 1 is 1.39 bits per heavy atom. The number of benzene rings is 1. The molecule has 1 unspecified atom stereocenters. The third-order valence-corrected chi connectivity index (χ3v) is 3.81. The molecule has 18 heavy (non-hydrogen) atoms. The minimum absolute atomic E-state index is 0.186. The smallest absolute Gasteiger partial charge is 0.140 e. The Morgan fingerprint density at radius 3 is 3.00 bits per heavy atom. The zero-order valence-electron chi connectivity index (χ0n) is 10.6. The van der Waals surface area contributed by atoms with Gasteiger partial charge in [-0.15, -0.1) is 0 Å². The summed E-state index contributed by atoms with van der Waals surface area (Å²) >= 11 is 0. The van der Waals surface area contributed by atoms with Crippen LogP contribution in [-0.4, -0.2) is 21.3 Å². The van der Waals surface area contributed by atoms with Gasteiger partial charge in [-0.25, -0.2) is 4.98 Å². The van der Waals surface area contributed by atoms with Gasteiger partial charge < -0.3 is 9.67 Å². The quantitative estimate of drug-likeness (QED) is 0.879. The molecule has 2 aromatic rings. The number of aliphatic hydroxyl groups is 1. The van der Waals surface area contributed by atoms with E-state index in [1.807, 2.05) is 18.3 Å². The van der Waals surface area contributed by atoms with E-state index in [4.69, 9.17) is 0 Å². The summed E-state index contributed by atoms with van der Waals surface area (Å²) < 4.78 is 2.23. The van der Waals surface area contributed by atoms with E-state index >= 15 is 0 Å². The molecule has 1 aliphatic rings. The molecule has 1 aromatic carbocycles. The molecule has 3 nitrogen and oxygen atoms in total. The summed E-state index contributed by atoms with van der Waals surface area (Å²) in [6.07, 6.45) is 5.21. The summed E-state index contributed by atoms with van der Waals surface area (Å²) in [5.74, 6) is 1.00. The molecule has 0 bridgehead atoms. The Balaban J connectivity index is 2.14. The minimum atomic E-state index is 0.186. The SMILES string of the molecule is Cc1ccccc1-c1ncc2n1C(CO)CCC2. The second-order valence-corrected chi connectivity index (χ2v) is 4.99. The largest absolute Gasteiger partial charge is 0.394 e. The van der Waals surface area contributed by atoms with Crippen LogP contribution in [-0.2, 0) is 6.42 Å². The summed E-state index contributed by atoms with van der Waals surface area (Å²) in [5.41, 5.74) is 3.65. The third kappa shape index (κ3) is 1.75. The van der Waals surface area contributed by atoms with E-state index in [9.17, 15) is 5.11 Å². The van der Waals surface area contributed by atoms with Gasteiger partial charge >= 0.3 is 0 Å². The molecule has 0 aliphatic carbocycles. The first-order valence-corrected chi connectivity index (χ1v) is 6.54. The molecule has 0 spiro atoms. The van der Waals surface area contributed by atoms with E-state index in [0.717, 1.165) is 25.1 Å². The van der Waals surface area contributed by atoms with Crippen molar-refractivity contribution in [1.29, 1.82) is 0 Å². The van der Waals surface area contributed by atoms with Crippen LogP contribution < -0.4 is 0 Å². The van der Waals surface area contributed by atoms with Gasteiger partial charge in [0.05, 0.1) is 12.6 Å². The first-order valence-electron chi connectivity index (χ1n) is 6.54. The lowest BCUT2D eigenvalue weighted by molar-refractivity contribution is 0.208. The predicted molar refractivity (Wildman–Crippen MR) is 71.5 cm³/mol. The maximum absolute atomic E-state index is 9.55. The van der Waals surface area contributed by atoms with Crippen molar-refractivity contribution in [3.63, 3.8) is 0 Å². The van der Waals surface area contributed by atoms with Crippen molar-refractivity contribution in [3.05, 3.63) is 41.7 Å². The lowest BCUT2D eigenvalue weighted by Crippen LogP contribution is -2.21. The van der Waals surface area contributed by atoms with Crippen molar-refractivity contribution in [2.24, 2.45) is 0 Å². The highest BCUT2D eigenvalue weighted by Gasteiger charge is 2.23. The second kappa shape index (κ2) is 4.58. The van der Waals surface area contributed by atoms with Gasteiger partial charge in [0.25, 0.3) is 0 Å². The van der Waals surface area contributed by atoms with Gasteiger partial charge in [0.2, 0.25) is 0 Å². The fourth-order valence-electron chi connectivity index (χ4n) is 2.83. The van der Waals surface area contributed by atoms with Crippen LogP contribution in [0.1, 0.15) is 30.1 Å². The highest BCUT2D eigenvalue weighted by molar-refractivity contribution is 5.61. The van der Waals surface area contributed by atoms with Crippen molar-refractivity contribution in [3.8, 4) is 11.4 Å². The number of fused-ring (bicyclic) bond motifs is 1. The average Bonchev–Trinajstić information content (AvgIpc) is 2.83. The van der Waals surface area contributed by atoms with Gasteiger partial charge in [-0.1, -0.05) is 24.3 Å². The summed E-state index contributed by atoms with van der Waals surface area (Å²) in [4.78, 5) is 4.58. The molecule has 1 aliphatic heterocycles. The van der Waals surface area contributed by atoms with Gasteiger partial charge in [-0.2, -0.15) is 0 Å². The molecule has 0 fully saturated rings. The maximum atomic E-state index is 9.55.